The Kier molecular flexibility index (Phi) is 25.4. The Morgan fingerprint density at radius 1 is 0.713 bits per heavy atom. The van der Waals surface area contributed by atoms with Gasteiger partial charge in [-0.05, 0) is 93.3 Å². The third kappa shape index (κ3) is 18.8. The Bertz CT molecular complexity index is 4470. The van der Waals surface area contributed by atoms with E-state index in [0.717, 1.165) is 17.2 Å². The number of carbonyl (C=O) groups is 4. The fraction of sp³-hybridized carbons (Fsp3) is 0.408. The van der Waals surface area contributed by atoms with Gasteiger partial charge in [-0.25, -0.2) is 13.1 Å². The molecule has 5 N–H and O–H groups in total. The first-order valence-corrected chi connectivity index (χ1v) is 36.3. The third-order valence-electron chi connectivity index (χ3n) is 17.2. The maximum Gasteiger partial charge on any atom is 0.501 e. The Morgan fingerprint density at radius 2 is 1.39 bits per heavy atom. The number of aromatic nitrogens is 4. The molecule has 2 aliphatic rings. The number of Topliss-reactive ketones (excluding diaryl/α,β-unsaturated/α-hetero) is 3. The van der Waals surface area contributed by atoms with Crippen LogP contribution in [0.2, 0.25) is 0 Å². The van der Waals surface area contributed by atoms with Crippen LogP contribution in [0.25, 0.3) is 21.7 Å². The summed E-state index contributed by atoms with van der Waals surface area (Å²) < 4.78 is 107. The van der Waals surface area contributed by atoms with Crippen molar-refractivity contribution in [3.05, 3.63) is 160 Å². The van der Waals surface area contributed by atoms with E-state index in [9.17, 15) is 56.4 Å². The highest BCUT2D eigenvalue weighted by atomic mass is 35.5. The number of aliphatic hydroxyl groups excluding tert-OH is 4. The molecule has 30 heteroatoms. The zero-order valence-electron chi connectivity index (χ0n) is 56.3. The number of anilines is 1. The van der Waals surface area contributed by atoms with Crippen molar-refractivity contribution in [1.82, 2.24) is 24.9 Å². The van der Waals surface area contributed by atoms with E-state index in [4.69, 9.17) is 53.1 Å². The van der Waals surface area contributed by atoms with Gasteiger partial charge in [-0.1, -0.05) is 65.4 Å². The first kappa shape index (κ1) is 75.2. The van der Waals surface area contributed by atoms with Crippen LogP contribution in [0.5, 0.6) is 28.7 Å². The standard InChI is InChI=1S/C71H81ClN6O21S2/c1-43-11-19-51(20-12-43)100(87,88)33-23-58(82)46-15-13-45(14-16-46)57(81)21-18-50-41-77(75-74-50)25-27-93-30-32-94-31-29-92-26-7-10-56(80)47-17-22-59(96-71-69(85)68(84)67(83)64(42-79)97-71)63(35-47)99-101(89,90)98-60-38-55-66(65-44(2)8-6-9-52(60)65)49(39-72)40-78(55)70(86)54-34-48-36-62(95-28-24-76(3)4)61(91-5)37-53(48)73-54/h6,8-9,11-17,19-20,22,34-38,41,49,64,67-69,71,73,79,83-85H,7,10,18,21,23-33,39-40,42H2,1-5H3/t49-,64-,67+,68+,69?,71-/m1/s1. The number of halogens is 1. The average molecular weight is 1450 g/mol. The number of benzene rings is 6. The summed E-state index contributed by atoms with van der Waals surface area (Å²) in [7, 11) is -3.49. The number of alkyl halides is 1. The van der Waals surface area contributed by atoms with Crippen LogP contribution < -0.4 is 27.5 Å². The topological polar surface area (TPSA) is 354 Å². The van der Waals surface area contributed by atoms with E-state index in [1.165, 1.54) is 54.5 Å². The van der Waals surface area contributed by atoms with Gasteiger partial charge in [0.05, 0.1) is 75.3 Å². The monoisotopic (exact) mass is 1450 g/mol. The Balaban J connectivity index is 0.704. The molecule has 0 saturated carbocycles. The molecule has 540 valence electrons. The maximum absolute atomic E-state index is 14.7. The normalized spacial score (nSPS) is 17.7. The molecule has 6 aromatic carbocycles. The number of aliphatic hydroxyl groups is 4. The van der Waals surface area contributed by atoms with Crippen molar-refractivity contribution < 1.29 is 98.0 Å². The molecule has 1 fully saturated rings. The summed E-state index contributed by atoms with van der Waals surface area (Å²) in [6.45, 7) is 5.86. The molecular weight excluding hydrogens is 1370 g/mol. The number of likely N-dealkylation sites (N-methyl/N-ethyl adjacent to an activating group) is 1. The van der Waals surface area contributed by atoms with Crippen molar-refractivity contribution in [2.45, 2.75) is 94.0 Å². The molecule has 1 amide bonds. The van der Waals surface area contributed by atoms with Crippen LogP contribution in [0.15, 0.2) is 120 Å². The average Bonchev–Trinajstić information content (AvgIpc) is 1.63. The minimum atomic E-state index is -5.24. The van der Waals surface area contributed by atoms with Crippen molar-refractivity contribution in [2.24, 2.45) is 0 Å². The number of hydrogen-bond acceptors (Lipinski definition) is 24. The van der Waals surface area contributed by atoms with E-state index in [2.05, 4.69) is 15.3 Å². The molecule has 27 nitrogen and oxygen atoms in total. The van der Waals surface area contributed by atoms with Gasteiger partial charge < -0.3 is 76.7 Å². The summed E-state index contributed by atoms with van der Waals surface area (Å²) in [5, 5.41) is 51.7. The van der Waals surface area contributed by atoms with Crippen LogP contribution in [0.4, 0.5) is 5.69 Å². The van der Waals surface area contributed by atoms with Crippen molar-refractivity contribution in [2.75, 3.05) is 104 Å². The second kappa shape index (κ2) is 34.0. The largest absolute Gasteiger partial charge is 0.501 e. The van der Waals surface area contributed by atoms with E-state index in [1.807, 2.05) is 38.9 Å². The molecule has 8 aromatic rings. The molecule has 4 heterocycles. The number of aryl methyl sites for hydroxylation is 3. The highest BCUT2D eigenvalue weighted by molar-refractivity contribution is 7.91. The fourth-order valence-electron chi connectivity index (χ4n) is 11.7. The highest BCUT2D eigenvalue weighted by Gasteiger charge is 2.45. The fourth-order valence-corrected chi connectivity index (χ4v) is 13.9. The molecule has 1 unspecified atom stereocenters. The second-order valence-electron chi connectivity index (χ2n) is 24.7. The molecule has 1 saturated heterocycles. The molecular formula is C71H81ClN6O21S2. The summed E-state index contributed by atoms with van der Waals surface area (Å²) in [6, 6.07) is 28.0. The summed E-state index contributed by atoms with van der Waals surface area (Å²) in [5.74, 6) is -2.33. The zero-order chi connectivity index (χ0) is 72.1. The van der Waals surface area contributed by atoms with E-state index >= 15 is 0 Å². The number of methoxy groups -OCH3 is 1. The van der Waals surface area contributed by atoms with E-state index in [0.29, 0.717) is 94.0 Å². The first-order valence-electron chi connectivity index (χ1n) is 32.7. The number of fused-ring (bicyclic) bond motifs is 4. The molecule has 0 bridgehead atoms. The number of ether oxygens (including phenoxy) is 7. The van der Waals surface area contributed by atoms with Crippen LogP contribution in [0, 0.1) is 13.8 Å². The van der Waals surface area contributed by atoms with Crippen molar-refractivity contribution in [3.63, 3.8) is 0 Å². The van der Waals surface area contributed by atoms with Crippen LogP contribution in [0.3, 0.4) is 0 Å². The first-order chi connectivity index (χ1) is 48.4. The van der Waals surface area contributed by atoms with Crippen LogP contribution in [0.1, 0.15) is 95.5 Å². The lowest BCUT2D eigenvalue weighted by atomic mass is 9.92. The van der Waals surface area contributed by atoms with Gasteiger partial charge in [0.25, 0.3) is 5.91 Å². The van der Waals surface area contributed by atoms with Crippen LogP contribution in [-0.4, -0.2) is 215 Å². The number of nitrogens with zero attached hydrogens (tertiary/aromatic N) is 5. The number of H-pyrrole nitrogens is 1. The molecule has 6 atom stereocenters. The quantitative estimate of drug-likeness (QED) is 0.0150. The minimum absolute atomic E-state index is 0.0271. The number of aromatic amines is 1. The van der Waals surface area contributed by atoms with Gasteiger partial charge in [-0.15, -0.1) is 25.1 Å². The van der Waals surface area contributed by atoms with Gasteiger partial charge in [0.2, 0.25) is 6.29 Å². The van der Waals surface area contributed by atoms with Gasteiger partial charge >= 0.3 is 10.4 Å². The second-order valence-corrected chi connectivity index (χ2v) is 28.3. The number of amides is 1. The summed E-state index contributed by atoms with van der Waals surface area (Å²) >= 11 is 6.65. The number of hydrogen-bond donors (Lipinski definition) is 5. The van der Waals surface area contributed by atoms with Crippen molar-refractivity contribution in [1.29, 1.82) is 0 Å². The molecule has 0 aliphatic carbocycles. The number of sulfone groups is 1. The van der Waals surface area contributed by atoms with E-state index < -0.39 is 86.7 Å². The Labute approximate surface area is 588 Å². The van der Waals surface area contributed by atoms with Gasteiger partial charge in [0.15, 0.2) is 55.9 Å². The Hall–Kier alpha value is -8.43. The van der Waals surface area contributed by atoms with E-state index in [-0.39, 0.29) is 110 Å². The summed E-state index contributed by atoms with van der Waals surface area (Å²) in [5.41, 5.74) is 4.77. The van der Waals surface area contributed by atoms with Gasteiger partial charge in [0, 0.05) is 108 Å². The smallest absolute Gasteiger partial charge is 0.493 e. The lowest BCUT2D eigenvalue weighted by Crippen LogP contribution is -2.60. The summed E-state index contributed by atoms with van der Waals surface area (Å²) in [6.07, 6.45) is -6.52. The van der Waals surface area contributed by atoms with Gasteiger partial charge in [-0.2, -0.15) is 0 Å². The number of ketones is 3. The molecule has 2 aliphatic heterocycles. The lowest BCUT2D eigenvalue weighted by Gasteiger charge is -2.39. The lowest BCUT2D eigenvalue weighted by molar-refractivity contribution is -0.277. The van der Waals surface area contributed by atoms with Crippen LogP contribution in [-0.2, 0) is 52.1 Å². The molecule has 0 radical (unpaired) electrons. The highest BCUT2D eigenvalue weighted by Crippen LogP contribution is 2.48. The van der Waals surface area contributed by atoms with Crippen LogP contribution >= 0.6 is 11.6 Å². The Morgan fingerprint density at radius 3 is 2.08 bits per heavy atom. The number of rotatable bonds is 37. The number of carbonyl (C=O) groups excluding carboxylic acids is 4. The maximum atomic E-state index is 14.7. The SMILES string of the molecule is COc1cc2[nH]c(C(=O)N3C[C@@H](CCl)c4c3cc(OS(=O)(=O)Oc3cc(C(=O)CCCOCCOCCOCCn5cc(CCC(=O)c6ccc(C(=O)CCS(=O)(=O)c7ccc(C)cc7)cc6)nn5)ccc3O[C@@H]3O[C@H](CO)[C@H](O)[C@H](O)C3O)c3cccc(C)c43)cc2cc1OCCN(C)C. The zero-order valence-corrected chi connectivity index (χ0v) is 58.7. The predicted molar refractivity (Wildman–Crippen MR) is 371 cm³/mol. The van der Waals surface area contributed by atoms with Gasteiger partial charge in [-0.3, -0.25) is 19.2 Å². The summed E-state index contributed by atoms with van der Waals surface area (Å²) in [4.78, 5) is 61.1. The molecule has 101 heavy (non-hydrogen) atoms. The molecule has 10 rings (SSSR count). The number of nitrogens with one attached hydrogen (secondary N) is 1. The van der Waals surface area contributed by atoms with Gasteiger partial charge in [0.1, 0.15) is 36.7 Å². The molecule has 2 aromatic heterocycles. The van der Waals surface area contributed by atoms with Crippen molar-refractivity contribution >= 4 is 82.5 Å². The van der Waals surface area contributed by atoms with Crippen molar-refractivity contribution in [3.8, 4) is 28.7 Å². The third-order valence-corrected chi connectivity index (χ3v) is 20.0. The predicted octanol–water partition coefficient (Wildman–Crippen LogP) is 6.92. The molecule has 0 spiro atoms. The minimum Gasteiger partial charge on any atom is -0.493 e. The van der Waals surface area contributed by atoms with E-state index in [1.54, 1.807) is 65.5 Å².